The monoisotopic (exact) mass is 732 g/mol. The van der Waals surface area contributed by atoms with E-state index in [4.69, 9.17) is 14.4 Å². The van der Waals surface area contributed by atoms with Crippen LogP contribution in [0.1, 0.15) is 0 Å². The van der Waals surface area contributed by atoms with Crippen molar-refractivity contribution in [3.63, 3.8) is 0 Å². The van der Waals surface area contributed by atoms with E-state index in [1.807, 2.05) is 30.0 Å². The second-order valence-electron chi connectivity index (χ2n) is 14.1. The van der Waals surface area contributed by atoms with Crippen LogP contribution in [-0.2, 0) is 0 Å². The first-order chi connectivity index (χ1) is 27.7. The minimum Gasteiger partial charge on any atom is -0.456 e. The molecule has 0 saturated heterocycles. The molecule has 4 heteroatoms. The Morgan fingerprint density at radius 2 is 0.857 bits per heavy atom. The van der Waals surface area contributed by atoms with E-state index in [-0.39, 0.29) is 0 Å². The Morgan fingerprint density at radius 3 is 1.52 bits per heavy atom. The maximum Gasteiger partial charge on any atom is 0.160 e. The van der Waals surface area contributed by atoms with Gasteiger partial charge in [-0.15, -0.1) is 0 Å². The van der Waals surface area contributed by atoms with Crippen LogP contribution in [-0.4, -0.2) is 9.97 Å². The lowest BCUT2D eigenvalue weighted by atomic mass is 9.86. The highest BCUT2D eigenvalue weighted by Gasteiger charge is 2.24. The summed E-state index contributed by atoms with van der Waals surface area (Å²) < 4.78 is 6.59. The van der Waals surface area contributed by atoms with Gasteiger partial charge in [0.2, 0.25) is 0 Å². The van der Waals surface area contributed by atoms with Gasteiger partial charge in [-0.25, -0.2) is 9.97 Å². The van der Waals surface area contributed by atoms with Gasteiger partial charge in [-0.1, -0.05) is 169 Å². The quantitative estimate of drug-likeness (QED) is 0.181. The molecule has 0 aliphatic carbocycles. The van der Waals surface area contributed by atoms with Crippen molar-refractivity contribution in [3.05, 3.63) is 194 Å². The zero-order chi connectivity index (χ0) is 37.0. The van der Waals surface area contributed by atoms with Crippen LogP contribution in [0, 0.1) is 0 Å². The largest absolute Gasteiger partial charge is 0.456 e. The smallest absolute Gasteiger partial charge is 0.160 e. The number of hydrogen-bond acceptors (Lipinski definition) is 4. The van der Waals surface area contributed by atoms with Crippen molar-refractivity contribution in [1.82, 2.24) is 9.97 Å². The van der Waals surface area contributed by atoms with E-state index >= 15 is 0 Å². The third kappa shape index (κ3) is 5.54. The lowest BCUT2D eigenvalue weighted by Crippen LogP contribution is -1.97. The lowest BCUT2D eigenvalue weighted by Gasteiger charge is -2.18. The zero-order valence-corrected chi connectivity index (χ0v) is 31.0. The average Bonchev–Trinajstić information content (AvgIpc) is 3.63. The maximum absolute atomic E-state index is 6.59. The van der Waals surface area contributed by atoms with Gasteiger partial charge in [-0.2, -0.15) is 0 Å². The normalized spacial score (nSPS) is 11.9. The number of rotatable bonds is 3. The fourth-order valence-electron chi connectivity index (χ4n) is 8.08. The minimum atomic E-state index is 0.672. The van der Waals surface area contributed by atoms with Gasteiger partial charge >= 0.3 is 0 Å². The predicted molar refractivity (Wildman–Crippen MR) is 231 cm³/mol. The number of para-hydroxylation sites is 1. The van der Waals surface area contributed by atoms with Gasteiger partial charge in [0.05, 0.1) is 11.4 Å². The Morgan fingerprint density at radius 1 is 0.321 bits per heavy atom. The Bertz CT molecular complexity index is 3060. The molecule has 0 N–H and O–H groups in total. The molecule has 2 aromatic heterocycles. The fraction of sp³-hybridized carbons (Fsp3) is 0. The molecule has 0 amide bonds. The Balaban J connectivity index is 1.23. The molecule has 11 rings (SSSR count). The summed E-state index contributed by atoms with van der Waals surface area (Å²) in [6.45, 7) is 0. The van der Waals surface area contributed by atoms with Crippen LogP contribution in [0.4, 0.5) is 0 Å². The maximum atomic E-state index is 6.59. The molecule has 0 unspecified atom stereocenters. The molecular weight excluding hydrogens is 701 g/mol. The van der Waals surface area contributed by atoms with Gasteiger partial charge in [0.25, 0.3) is 0 Å². The molecule has 0 atom stereocenters. The lowest BCUT2D eigenvalue weighted by molar-refractivity contribution is 0.669. The molecule has 262 valence electrons. The Labute approximate surface area is 329 Å². The molecule has 3 heterocycles. The first-order valence-corrected chi connectivity index (χ1v) is 19.6. The SMILES string of the molecule is c1ccc(-c2cc(-c3ccccc3)nc(-c3ccc4c(c3)-c3cc5oc6ccccc6c5cc3Sc3ccccc3-c3ccccc3-c3ccccc3-4)n2)cc1. The minimum absolute atomic E-state index is 0.672. The van der Waals surface area contributed by atoms with Crippen LogP contribution < -0.4 is 0 Å². The van der Waals surface area contributed by atoms with Gasteiger partial charge in [0, 0.05) is 37.3 Å². The highest BCUT2D eigenvalue weighted by atomic mass is 32.2. The summed E-state index contributed by atoms with van der Waals surface area (Å²) in [5.41, 5.74) is 15.8. The van der Waals surface area contributed by atoms with E-state index in [9.17, 15) is 0 Å². The van der Waals surface area contributed by atoms with Gasteiger partial charge in [0.15, 0.2) is 5.82 Å². The summed E-state index contributed by atoms with van der Waals surface area (Å²) in [4.78, 5) is 12.8. The Hall–Kier alpha value is -7.01. The van der Waals surface area contributed by atoms with Crippen LogP contribution in [0.3, 0.4) is 0 Å². The summed E-state index contributed by atoms with van der Waals surface area (Å²) in [5, 5.41) is 2.21. The van der Waals surface area contributed by atoms with E-state index in [2.05, 4.69) is 176 Å². The molecule has 0 saturated carbocycles. The third-order valence-corrected chi connectivity index (χ3v) is 11.9. The summed E-state index contributed by atoms with van der Waals surface area (Å²) in [6.07, 6.45) is 0. The van der Waals surface area contributed by atoms with Crippen molar-refractivity contribution >= 4 is 33.7 Å². The van der Waals surface area contributed by atoms with Crippen LogP contribution in [0.2, 0.25) is 0 Å². The second kappa shape index (κ2) is 13.4. The molecule has 0 spiro atoms. The molecule has 8 aromatic carbocycles. The third-order valence-electron chi connectivity index (χ3n) is 10.7. The van der Waals surface area contributed by atoms with Crippen LogP contribution >= 0.6 is 11.8 Å². The van der Waals surface area contributed by atoms with Crippen LogP contribution in [0.5, 0.6) is 0 Å². The summed E-state index contributed by atoms with van der Waals surface area (Å²) in [7, 11) is 0. The molecular formula is C52H32N2OS. The van der Waals surface area contributed by atoms with E-state index in [1.165, 1.54) is 27.1 Å². The summed E-state index contributed by atoms with van der Waals surface area (Å²) in [6, 6.07) is 68.8. The van der Waals surface area contributed by atoms with E-state index in [1.54, 1.807) is 0 Å². The molecule has 0 radical (unpaired) electrons. The van der Waals surface area contributed by atoms with E-state index in [0.717, 1.165) is 77.2 Å². The highest BCUT2D eigenvalue weighted by Crippen LogP contribution is 2.50. The van der Waals surface area contributed by atoms with E-state index in [0.29, 0.717) is 5.82 Å². The summed E-state index contributed by atoms with van der Waals surface area (Å²) >= 11 is 1.81. The van der Waals surface area contributed by atoms with Gasteiger partial charge in [-0.3, -0.25) is 0 Å². The Kier molecular flexibility index (Phi) is 7.75. The number of benzene rings is 8. The predicted octanol–water partition coefficient (Wildman–Crippen LogP) is 14.5. The topological polar surface area (TPSA) is 38.9 Å². The van der Waals surface area contributed by atoms with Crippen LogP contribution in [0.15, 0.2) is 208 Å². The number of furan rings is 1. The number of fused-ring (bicyclic) bond motifs is 12. The molecule has 56 heavy (non-hydrogen) atoms. The first-order valence-electron chi connectivity index (χ1n) is 18.8. The van der Waals surface area contributed by atoms with E-state index < -0.39 is 0 Å². The van der Waals surface area contributed by atoms with Crippen molar-refractivity contribution < 1.29 is 4.42 Å². The summed E-state index contributed by atoms with van der Waals surface area (Å²) in [5.74, 6) is 0.672. The van der Waals surface area contributed by atoms with Crippen LogP contribution in [0.25, 0.3) is 100 Å². The van der Waals surface area contributed by atoms with Crippen molar-refractivity contribution in [3.8, 4) is 78.4 Å². The molecule has 1 aliphatic rings. The number of nitrogens with zero attached hydrogens (tertiary/aromatic N) is 2. The van der Waals surface area contributed by atoms with Gasteiger partial charge in [0.1, 0.15) is 11.2 Å². The number of aromatic nitrogens is 2. The standard InChI is InChI=1S/C52H32N2OS/c1-3-15-33(16-4-1)46-32-47(34-17-5-2-6-18-34)54-52(53-46)35-27-28-40-38-21-8-7-19-36(38)37-20-9-10-22-39(37)42-24-12-14-26-50(42)56-51-31-44-41-23-11-13-25-48(41)55-49(44)30-45(51)43(40)29-35/h1-32H. The van der Waals surface area contributed by atoms with Crippen molar-refractivity contribution in [2.75, 3.05) is 0 Å². The van der Waals surface area contributed by atoms with Crippen molar-refractivity contribution in [2.45, 2.75) is 9.79 Å². The molecule has 0 bridgehead atoms. The number of hydrogen-bond donors (Lipinski definition) is 0. The van der Waals surface area contributed by atoms with Crippen molar-refractivity contribution in [1.29, 1.82) is 0 Å². The van der Waals surface area contributed by atoms with Crippen molar-refractivity contribution in [2.24, 2.45) is 0 Å². The highest BCUT2D eigenvalue weighted by molar-refractivity contribution is 7.99. The zero-order valence-electron chi connectivity index (χ0n) is 30.2. The van der Waals surface area contributed by atoms with Gasteiger partial charge in [-0.05, 0) is 80.9 Å². The fourth-order valence-corrected chi connectivity index (χ4v) is 9.21. The first kappa shape index (κ1) is 32.4. The molecule has 3 nitrogen and oxygen atoms in total. The molecule has 0 fully saturated rings. The molecule has 10 aromatic rings. The van der Waals surface area contributed by atoms with Gasteiger partial charge < -0.3 is 4.42 Å². The second-order valence-corrected chi connectivity index (χ2v) is 15.2. The molecule has 1 aliphatic heterocycles. The average molecular weight is 733 g/mol.